The van der Waals surface area contributed by atoms with Crippen molar-refractivity contribution in [3.8, 4) is 22.6 Å². The van der Waals surface area contributed by atoms with Crippen molar-refractivity contribution in [1.29, 1.82) is 0 Å². The molecule has 1 aliphatic carbocycles. The minimum Gasteiger partial charge on any atom is -0.507 e. The van der Waals surface area contributed by atoms with E-state index in [1.807, 2.05) is 85.8 Å². The molecule has 6 aromatic rings. The summed E-state index contributed by atoms with van der Waals surface area (Å²) in [5.74, 6) is -0.212. The number of ether oxygens (including phenoxy) is 1. The molecule has 0 saturated carbocycles. The molecule has 8 rings (SSSR count). The van der Waals surface area contributed by atoms with Gasteiger partial charge in [-0.1, -0.05) is 78.9 Å². The summed E-state index contributed by atoms with van der Waals surface area (Å²) in [5, 5.41) is 27.9. The molecule has 4 heteroatoms. The summed E-state index contributed by atoms with van der Waals surface area (Å²) in [6.45, 7) is 2.02. The minimum absolute atomic E-state index is 0.0835. The molecule has 6 aromatic carbocycles. The molecule has 0 aromatic heterocycles. The van der Waals surface area contributed by atoms with E-state index in [0.717, 1.165) is 49.4 Å². The van der Waals surface area contributed by atoms with Crippen molar-refractivity contribution < 1.29 is 19.7 Å². The monoisotopic (exact) mass is 480 g/mol. The predicted molar refractivity (Wildman–Crippen MR) is 144 cm³/mol. The lowest BCUT2D eigenvalue weighted by molar-refractivity contribution is 0.0139. The van der Waals surface area contributed by atoms with E-state index in [9.17, 15) is 15.0 Å². The van der Waals surface area contributed by atoms with Crippen LogP contribution in [0.5, 0.6) is 11.5 Å². The molecule has 0 amide bonds. The molecule has 1 spiro atoms. The van der Waals surface area contributed by atoms with Crippen LogP contribution in [0.25, 0.3) is 43.4 Å². The van der Waals surface area contributed by atoms with Gasteiger partial charge in [0.2, 0.25) is 0 Å². The van der Waals surface area contributed by atoms with Crippen molar-refractivity contribution >= 4 is 38.3 Å². The molecule has 0 saturated heterocycles. The van der Waals surface area contributed by atoms with E-state index in [2.05, 4.69) is 0 Å². The highest BCUT2D eigenvalue weighted by Crippen LogP contribution is 2.63. The highest BCUT2D eigenvalue weighted by molar-refractivity contribution is 6.14. The Morgan fingerprint density at radius 2 is 1.38 bits per heavy atom. The lowest BCUT2D eigenvalue weighted by Crippen LogP contribution is -2.37. The second kappa shape index (κ2) is 6.68. The fraction of sp³-hybridized carbons (Fsp3) is 0.0606. The van der Waals surface area contributed by atoms with E-state index >= 15 is 0 Å². The third kappa shape index (κ3) is 2.27. The summed E-state index contributed by atoms with van der Waals surface area (Å²) in [7, 11) is 0. The zero-order valence-electron chi connectivity index (χ0n) is 19.9. The molecule has 0 radical (unpaired) electrons. The summed E-state index contributed by atoms with van der Waals surface area (Å²) in [6, 6.07) is 28.7. The van der Waals surface area contributed by atoms with Crippen LogP contribution >= 0.6 is 0 Å². The van der Waals surface area contributed by atoms with Crippen LogP contribution in [0, 0.1) is 6.92 Å². The number of carbonyl (C=O) groups excluding carboxylic acids is 1. The number of aromatic hydroxyl groups is 2. The molecule has 176 valence electrons. The van der Waals surface area contributed by atoms with Crippen LogP contribution < -0.4 is 0 Å². The Hall–Kier alpha value is -4.83. The van der Waals surface area contributed by atoms with Gasteiger partial charge in [-0.3, -0.25) is 0 Å². The average molecular weight is 481 g/mol. The first-order valence-corrected chi connectivity index (χ1v) is 12.3. The van der Waals surface area contributed by atoms with E-state index in [4.69, 9.17) is 4.74 Å². The fourth-order valence-corrected chi connectivity index (χ4v) is 6.75. The molecular weight excluding hydrogens is 460 g/mol. The largest absolute Gasteiger partial charge is 0.507 e. The molecule has 0 bridgehead atoms. The highest BCUT2D eigenvalue weighted by atomic mass is 16.6. The Balaban J connectivity index is 1.69. The second-order valence-corrected chi connectivity index (χ2v) is 9.91. The molecule has 37 heavy (non-hydrogen) atoms. The molecule has 1 unspecified atom stereocenters. The minimum atomic E-state index is -1.39. The lowest BCUT2D eigenvalue weighted by Gasteiger charge is -2.38. The van der Waals surface area contributed by atoms with E-state index in [1.165, 1.54) is 0 Å². The van der Waals surface area contributed by atoms with Gasteiger partial charge in [-0.2, -0.15) is 0 Å². The Morgan fingerprint density at radius 1 is 0.703 bits per heavy atom. The normalized spacial score (nSPS) is 17.4. The molecular formula is C33H20O4. The molecule has 2 aliphatic rings. The predicted octanol–water partition coefficient (Wildman–Crippen LogP) is 7.31. The SMILES string of the molecule is Cc1c2c(c(O)c3ccccc13)C1(OC(=O)c3cccc4cccc1c34)c1c-2cc(O)c2ccccc12. The number of benzene rings is 6. The van der Waals surface area contributed by atoms with Crippen molar-refractivity contribution in [2.75, 3.05) is 0 Å². The van der Waals surface area contributed by atoms with Crippen LogP contribution in [0.15, 0.2) is 91.0 Å². The van der Waals surface area contributed by atoms with Gasteiger partial charge in [-0.05, 0) is 51.9 Å². The Morgan fingerprint density at radius 3 is 2.16 bits per heavy atom. The van der Waals surface area contributed by atoms with Gasteiger partial charge in [0.05, 0.1) is 11.1 Å². The van der Waals surface area contributed by atoms with Crippen molar-refractivity contribution in [3.05, 3.63) is 119 Å². The van der Waals surface area contributed by atoms with Gasteiger partial charge in [0, 0.05) is 27.3 Å². The lowest BCUT2D eigenvalue weighted by atomic mass is 9.76. The summed E-state index contributed by atoms with van der Waals surface area (Å²) in [5.41, 5.74) is 3.74. The number of hydrogen-bond donors (Lipinski definition) is 2. The highest BCUT2D eigenvalue weighted by Gasteiger charge is 2.55. The van der Waals surface area contributed by atoms with Gasteiger partial charge in [-0.15, -0.1) is 0 Å². The molecule has 1 atom stereocenters. The van der Waals surface area contributed by atoms with Crippen LogP contribution in [-0.4, -0.2) is 16.2 Å². The van der Waals surface area contributed by atoms with Crippen LogP contribution in [0.4, 0.5) is 0 Å². The molecule has 1 heterocycles. The van der Waals surface area contributed by atoms with Crippen LogP contribution in [-0.2, 0) is 10.3 Å². The third-order valence-corrected chi connectivity index (χ3v) is 8.19. The first kappa shape index (κ1) is 20.4. The summed E-state index contributed by atoms with van der Waals surface area (Å²) in [4.78, 5) is 13.8. The van der Waals surface area contributed by atoms with Crippen molar-refractivity contribution in [1.82, 2.24) is 0 Å². The zero-order valence-corrected chi connectivity index (χ0v) is 19.9. The van der Waals surface area contributed by atoms with Crippen LogP contribution in [0.2, 0.25) is 0 Å². The van der Waals surface area contributed by atoms with Crippen molar-refractivity contribution in [2.45, 2.75) is 12.5 Å². The Bertz CT molecular complexity index is 2010. The topological polar surface area (TPSA) is 66.8 Å². The van der Waals surface area contributed by atoms with Gasteiger partial charge < -0.3 is 14.9 Å². The first-order valence-electron chi connectivity index (χ1n) is 12.3. The zero-order chi connectivity index (χ0) is 25.1. The number of fused-ring (bicyclic) bond motifs is 9. The number of esters is 1. The maximum absolute atomic E-state index is 13.8. The van der Waals surface area contributed by atoms with E-state index in [1.54, 1.807) is 12.1 Å². The van der Waals surface area contributed by atoms with Gasteiger partial charge >= 0.3 is 5.97 Å². The summed E-state index contributed by atoms with van der Waals surface area (Å²) in [6.07, 6.45) is 0. The third-order valence-electron chi connectivity index (χ3n) is 8.19. The number of aryl methyl sites for hydroxylation is 1. The van der Waals surface area contributed by atoms with Gasteiger partial charge in [0.15, 0.2) is 5.60 Å². The number of hydrogen-bond acceptors (Lipinski definition) is 4. The number of phenols is 2. The average Bonchev–Trinajstić information content (AvgIpc) is 3.21. The summed E-state index contributed by atoms with van der Waals surface area (Å²) >= 11 is 0. The van der Waals surface area contributed by atoms with Gasteiger partial charge in [-0.25, -0.2) is 4.79 Å². The van der Waals surface area contributed by atoms with E-state index in [0.29, 0.717) is 21.9 Å². The standard InChI is InChI=1S/C33H20O4/c1-17-19-10-2-5-13-22(19)31(35)30-27(17)24-16-26(34)20-11-3-4-12-21(20)29(24)33(30)25-15-7-9-18-8-6-14-23(28(18)25)32(36)37-33/h2-16,34-35H,1H3. The Kier molecular flexibility index (Phi) is 3.68. The van der Waals surface area contributed by atoms with Crippen LogP contribution in [0.1, 0.15) is 32.6 Å². The summed E-state index contributed by atoms with van der Waals surface area (Å²) < 4.78 is 6.56. The molecule has 0 fully saturated rings. The fourth-order valence-electron chi connectivity index (χ4n) is 6.75. The number of rotatable bonds is 0. The number of carbonyl (C=O) groups is 1. The second-order valence-electron chi connectivity index (χ2n) is 9.91. The quantitative estimate of drug-likeness (QED) is 0.224. The molecule has 1 aliphatic heterocycles. The molecule has 4 nitrogen and oxygen atoms in total. The number of phenolic OH excluding ortho intramolecular Hbond substituents is 2. The van der Waals surface area contributed by atoms with Crippen molar-refractivity contribution in [3.63, 3.8) is 0 Å². The van der Waals surface area contributed by atoms with Gasteiger partial charge in [0.25, 0.3) is 0 Å². The van der Waals surface area contributed by atoms with Gasteiger partial charge in [0.1, 0.15) is 11.5 Å². The first-order chi connectivity index (χ1) is 18.0. The molecule has 2 N–H and O–H groups in total. The Labute approximate surface area is 212 Å². The van der Waals surface area contributed by atoms with E-state index < -0.39 is 11.6 Å². The van der Waals surface area contributed by atoms with Crippen LogP contribution in [0.3, 0.4) is 0 Å². The van der Waals surface area contributed by atoms with E-state index in [-0.39, 0.29) is 11.5 Å². The maximum Gasteiger partial charge on any atom is 0.340 e. The smallest absolute Gasteiger partial charge is 0.340 e. The maximum atomic E-state index is 13.8. The van der Waals surface area contributed by atoms with Crippen molar-refractivity contribution in [2.24, 2.45) is 0 Å².